The SMILES string of the molecule is C[C@H](NC(=O)[C@H](CCCN=C(N)N)NC(=O)[C@H](Cc1ccc2ccccc2c1)NC(=O)[C@@H]1CCCCN1C(=O)[C@H](N)[C@H](C)O)C(=O)N[C@H](Cc1ccccc1)C(=O)O. The number of likely N-dealkylation sites (tertiary alicyclic amines) is 1. The topological polar surface area (TPSA) is 285 Å². The van der Waals surface area contributed by atoms with Crippen molar-refractivity contribution in [3.05, 3.63) is 83.9 Å². The second-order valence-corrected chi connectivity index (χ2v) is 14.6. The zero-order valence-electron chi connectivity index (χ0n) is 32.8. The maximum atomic E-state index is 14.3. The van der Waals surface area contributed by atoms with Crippen molar-refractivity contribution in [1.29, 1.82) is 0 Å². The molecule has 0 aliphatic carbocycles. The number of aliphatic hydroxyl groups excluding tert-OH is 1. The Balaban J connectivity index is 1.56. The Morgan fingerprint density at radius 2 is 1.41 bits per heavy atom. The fraction of sp³-hybridized carbons (Fsp3) is 0.439. The molecule has 3 aromatic rings. The Morgan fingerprint density at radius 1 is 0.776 bits per heavy atom. The fourth-order valence-electron chi connectivity index (χ4n) is 6.72. The second kappa shape index (κ2) is 21.5. The number of rotatable bonds is 19. The van der Waals surface area contributed by atoms with Crippen LogP contribution in [-0.2, 0) is 41.6 Å². The van der Waals surface area contributed by atoms with Gasteiger partial charge in [-0.15, -0.1) is 0 Å². The van der Waals surface area contributed by atoms with Crippen LogP contribution >= 0.6 is 0 Å². The summed E-state index contributed by atoms with van der Waals surface area (Å²) in [5, 5.41) is 32.3. The largest absolute Gasteiger partial charge is 0.480 e. The summed E-state index contributed by atoms with van der Waals surface area (Å²) in [6.07, 6.45) is 0.689. The number of carbonyl (C=O) groups is 6. The summed E-state index contributed by atoms with van der Waals surface area (Å²) in [7, 11) is 0. The molecule has 7 atom stereocenters. The Bertz CT molecular complexity index is 1940. The van der Waals surface area contributed by atoms with Crippen LogP contribution in [0.2, 0.25) is 0 Å². The van der Waals surface area contributed by atoms with Crippen LogP contribution in [0, 0.1) is 0 Å². The van der Waals surface area contributed by atoms with Gasteiger partial charge >= 0.3 is 5.97 Å². The molecule has 1 fully saturated rings. The number of benzene rings is 3. The number of amides is 5. The van der Waals surface area contributed by atoms with Gasteiger partial charge in [-0.05, 0) is 67.9 Å². The summed E-state index contributed by atoms with van der Waals surface area (Å²) in [6.45, 7) is 3.13. The van der Waals surface area contributed by atoms with Gasteiger partial charge in [0, 0.05) is 25.9 Å². The third-order valence-corrected chi connectivity index (χ3v) is 10.0. The summed E-state index contributed by atoms with van der Waals surface area (Å²) in [5.74, 6) is -4.84. The van der Waals surface area contributed by atoms with Gasteiger partial charge in [-0.1, -0.05) is 72.8 Å². The van der Waals surface area contributed by atoms with Crippen molar-refractivity contribution in [3.8, 4) is 0 Å². The minimum absolute atomic E-state index is 0.00933. The molecule has 0 aromatic heterocycles. The van der Waals surface area contributed by atoms with E-state index in [9.17, 15) is 39.0 Å². The first-order valence-electron chi connectivity index (χ1n) is 19.4. The van der Waals surface area contributed by atoms with Crippen molar-refractivity contribution in [1.82, 2.24) is 26.2 Å². The van der Waals surface area contributed by atoms with Crippen LogP contribution in [0.5, 0.6) is 0 Å². The molecule has 1 heterocycles. The van der Waals surface area contributed by atoms with E-state index in [0.29, 0.717) is 30.4 Å². The van der Waals surface area contributed by atoms with Gasteiger partial charge in [0.15, 0.2) is 5.96 Å². The van der Waals surface area contributed by atoms with Crippen LogP contribution in [0.4, 0.5) is 0 Å². The first-order chi connectivity index (χ1) is 27.6. The molecule has 0 bridgehead atoms. The van der Waals surface area contributed by atoms with E-state index in [-0.39, 0.29) is 44.7 Å². The molecule has 5 amide bonds. The molecule has 17 nitrogen and oxygen atoms in total. The summed E-state index contributed by atoms with van der Waals surface area (Å²) in [6, 6.07) is 14.8. The third kappa shape index (κ3) is 13.0. The average Bonchev–Trinajstić information content (AvgIpc) is 3.20. The van der Waals surface area contributed by atoms with E-state index in [1.54, 1.807) is 30.3 Å². The predicted molar refractivity (Wildman–Crippen MR) is 218 cm³/mol. The Kier molecular flexibility index (Phi) is 16.5. The number of aliphatic carboxylic acids is 1. The number of aliphatic imine (C=N–C) groups is 1. The van der Waals surface area contributed by atoms with Gasteiger partial charge in [-0.3, -0.25) is 29.0 Å². The van der Waals surface area contributed by atoms with Crippen LogP contribution in [0.3, 0.4) is 0 Å². The minimum atomic E-state index is -1.28. The van der Waals surface area contributed by atoms with E-state index in [4.69, 9.17) is 17.2 Å². The molecule has 1 saturated heterocycles. The summed E-state index contributed by atoms with van der Waals surface area (Å²) in [4.78, 5) is 85.8. The molecule has 1 aliphatic rings. The monoisotopic (exact) mass is 801 g/mol. The van der Waals surface area contributed by atoms with E-state index in [2.05, 4.69) is 26.3 Å². The summed E-state index contributed by atoms with van der Waals surface area (Å²) in [5.41, 5.74) is 18.3. The highest BCUT2D eigenvalue weighted by Gasteiger charge is 2.38. The number of fused-ring (bicyclic) bond motifs is 1. The lowest BCUT2D eigenvalue weighted by atomic mass is 9.97. The molecule has 0 radical (unpaired) electrons. The summed E-state index contributed by atoms with van der Waals surface area (Å²) >= 11 is 0. The van der Waals surface area contributed by atoms with Gasteiger partial charge in [0.2, 0.25) is 29.5 Å². The van der Waals surface area contributed by atoms with Crippen LogP contribution in [0.15, 0.2) is 77.8 Å². The van der Waals surface area contributed by atoms with Crippen molar-refractivity contribution in [3.63, 3.8) is 0 Å². The smallest absolute Gasteiger partial charge is 0.326 e. The Morgan fingerprint density at radius 3 is 2.09 bits per heavy atom. The molecule has 17 heteroatoms. The first kappa shape index (κ1) is 44.6. The number of carbonyl (C=O) groups excluding carboxylic acids is 5. The molecule has 0 spiro atoms. The molecule has 3 aromatic carbocycles. The van der Waals surface area contributed by atoms with Gasteiger partial charge in [-0.2, -0.15) is 0 Å². The molecule has 1 aliphatic heterocycles. The lowest BCUT2D eigenvalue weighted by Gasteiger charge is -2.37. The number of carboxylic acid groups (broad SMARTS) is 1. The maximum Gasteiger partial charge on any atom is 0.326 e. The van der Waals surface area contributed by atoms with Crippen LogP contribution < -0.4 is 38.5 Å². The number of carboxylic acids is 1. The lowest BCUT2D eigenvalue weighted by Crippen LogP contribution is -2.61. The van der Waals surface area contributed by atoms with E-state index in [0.717, 1.165) is 10.8 Å². The first-order valence-corrected chi connectivity index (χ1v) is 19.4. The highest BCUT2D eigenvalue weighted by molar-refractivity contribution is 5.96. The van der Waals surface area contributed by atoms with Crippen LogP contribution in [0.25, 0.3) is 10.8 Å². The highest BCUT2D eigenvalue weighted by Crippen LogP contribution is 2.21. The number of guanidine groups is 1. The molecular weight excluding hydrogens is 747 g/mol. The van der Waals surface area contributed by atoms with Crippen LogP contribution in [-0.4, -0.2) is 112 Å². The fourth-order valence-corrected chi connectivity index (χ4v) is 6.72. The molecule has 0 unspecified atom stereocenters. The van der Waals surface area contributed by atoms with E-state index in [1.165, 1.54) is 18.7 Å². The van der Waals surface area contributed by atoms with Gasteiger partial charge in [0.05, 0.1) is 6.10 Å². The second-order valence-electron chi connectivity index (χ2n) is 14.6. The lowest BCUT2D eigenvalue weighted by molar-refractivity contribution is -0.145. The standard InChI is InChI=1S/C41H55N9O8/c1-24(35(52)49-32(40(57)58)22-26-11-4-3-5-12-26)46-36(53)30(15-10-19-45-41(43)44)47-37(54)31(23-27-17-18-28-13-6-7-14-29(28)21-27)48-38(55)33-16-8-9-20-50(33)39(56)34(42)25(2)51/h3-7,11-14,17-18,21,24-25,30-34,51H,8-10,15-16,19-20,22-23,42H2,1-2H3,(H,46,53)(H,47,54)(H,48,55)(H,49,52)(H,57,58)(H4,43,44,45)/t24-,25-,30-,31-,32+,33-,34+/m0/s1. The number of nitrogens with zero attached hydrogens (tertiary/aromatic N) is 2. The third-order valence-electron chi connectivity index (χ3n) is 10.0. The normalized spacial score (nSPS) is 17.0. The van der Waals surface area contributed by atoms with Crippen molar-refractivity contribution in [2.45, 2.75) is 101 Å². The van der Waals surface area contributed by atoms with E-state index < -0.39 is 77.9 Å². The zero-order valence-corrected chi connectivity index (χ0v) is 32.8. The Hall–Kier alpha value is -6.07. The molecule has 58 heavy (non-hydrogen) atoms. The van der Waals surface area contributed by atoms with Crippen molar-refractivity contribution >= 4 is 52.2 Å². The van der Waals surface area contributed by atoms with Gasteiger partial charge < -0.3 is 53.6 Å². The van der Waals surface area contributed by atoms with Gasteiger partial charge in [0.1, 0.15) is 36.3 Å². The number of hydrogen-bond acceptors (Lipinski definition) is 9. The zero-order chi connectivity index (χ0) is 42.4. The average molecular weight is 802 g/mol. The number of piperidine rings is 1. The molecule has 312 valence electrons. The van der Waals surface area contributed by atoms with Crippen LogP contribution in [0.1, 0.15) is 57.1 Å². The molecular formula is C41H55N9O8. The van der Waals surface area contributed by atoms with Crippen molar-refractivity contribution in [2.24, 2.45) is 22.2 Å². The number of nitrogens with two attached hydrogens (primary N) is 3. The highest BCUT2D eigenvalue weighted by atomic mass is 16.4. The quantitative estimate of drug-likeness (QED) is 0.0435. The van der Waals surface area contributed by atoms with Gasteiger partial charge in [-0.25, -0.2) is 4.79 Å². The minimum Gasteiger partial charge on any atom is -0.480 e. The molecule has 12 N–H and O–H groups in total. The van der Waals surface area contributed by atoms with E-state index >= 15 is 0 Å². The molecule has 4 rings (SSSR count). The van der Waals surface area contributed by atoms with Crippen molar-refractivity contribution < 1.29 is 39.0 Å². The summed E-state index contributed by atoms with van der Waals surface area (Å²) < 4.78 is 0. The van der Waals surface area contributed by atoms with Gasteiger partial charge in [0.25, 0.3) is 0 Å². The maximum absolute atomic E-state index is 14.3. The molecule has 0 saturated carbocycles. The number of nitrogens with one attached hydrogen (secondary N) is 4. The van der Waals surface area contributed by atoms with E-state index in [1.807, 2.05) is 42.5 Å². The number of hydrogen-bond donors (Lipinski definition) is 9. The number of aliphatic hydroxyl groups is 1. The predicted octanol–water partition coefficient (Wildman–Crippen LogP) is -0.188. The Labute approximate surface area is 337 Å². The van der Waals surface area contributed by atoms with Crippen molar-refractivity contribution in [2.75, 3.05) is 13.1 Å².